The Balaban J connectivity index is 2.32. The molecular formula is C15H18Cl2N2O2. The molecule has 0 aromatic heterocycles. The summed E-state index contributed by atoms with van der Waals surface area (Å²) in [5, 5.41) is 3.72. The second-order valence-electron chi connectivity index (χ2n) is 5.20. The molecule has 2 amide bonds. The van der Waals surface area contributed by atoms with Gasteiger partial charge < -0.3 is 10.2 Å². The molecule has 6 heteroatoms. The number of amides is 2. The minimum atomic E-state index is -0.521. The van der Waals surface area contributed by atoms with Crippen LogP contribution in [0.3, 0.4) is 0 Å². The van der Waals surface area contributed by atoms with E-state index in [-0.39, 0.29) is 18.4 Å². The van der Waals surface area contributed by atoms with Gasteiger partial charge in [-0.25, -0.2) is 0 Å². The van der Waals surface area contributed by atoms with Gasteiger partial charge in [-0.3, -0.25) is 9.59 Å². The van der Waals surface area contributed by atoms with E-state index in [4.69, 9.17) is 23.2 Å². The van der Waals surface area contributed by atoms with Gasteiger partial charge in [0.25, 0.3) is 0 Å². The SMILES string of the molecule is CCCC1C(=O)NC(C)C(=O)N1Cc1c(Cl)cccc1Cl. The lowest BCUT2D eigenvalue weighted by Gasteiger charge is -2.38. The molecule has 1 fully saturated rings. The Morgan fingerprint density at radius 3 is 2.43 bits per heavy atom. The Morgan fingerprint density at radius 1 is 1.24 bits per heavy atom. The largest absolute Gasteiger partial charge is 0.343 e. The molecule has 2 unspecified atom stereocenters. The molecule has 0 radical (unpaired) electrons. The normalized spacial score (nSPS) is 22.4. The maximum atomic E-state index is 12.4. The summed E-state index contributed by atoms with van der Waals surface area (Å²) in [7, 11) is 0. The van der Waals surface area contributed by atoms with Gasteiger partial charge in [0, 0.05) is 22.2 Å². The van der Waals surface area contributed by atoms with Gasteiger partial charge in [0.15, 0.2) is 0 Å². The molecule has 0 aliphatic carbocycles. The summed E-state index contributed by atoms with van der Waals surface area (Å²) in [5.74, 6) is -0.226. The highest BCUT2D eigenvalue weighted by Crippen LogP contribution is 2.28. The Morgan fingerprint density at radius 2 is 1.86 bits per heavy atom. The van der Waals surface area contributed by atoms with E-state index in [0.717, 1.165) is 6.42 Å². The van der Waals surface area contributed by atoms with E-state index < -0.39 is 12.1 Å². The van der Waals surface area contributed by atoms with Crippen molar-refractivity contribution in [3.05, 3.63) is 33.8 Å². The number of benzene rings is 1. The summed E-state index contributed by atoms with van der Waals surface area (Å²) in [4.78, 5) is 26.1. The molecule has 1 heterocycles. The van der Waals surface area contributed by atoms with Crippen LogP contribution in [0.15, 0.2) is 18.2 Å². The summed E-state index contributed by atoms with van der Waals surface area (Å²) in [6, 6.07) is 4.23. The highest BCUT2D eigenvalue weighted by atomic mass is 35.5. The van der Waals surface area contributed by atoms with Crippen molar-refractivity contribution in [1.82, 2.24) is 10.2 Å². The van der Waals surface area contributed by atoms with Gasteiger partial charge in [-0.15, -0.1) is 0 Å². The van der Waals surface area contributed by atoms with E-state index in [1.54, 1.807) is 30.0 Å². The van der Waals surface area contributed by atoms with E-state index in [0.29, 0.717) is 22.0 Å². The third-order valence-electron chi connectivity index (χ3n) is 3.64. The third kappa shape index (κ3) is 3.33. The molecule has 1 aromatic carbocycles. The molecule has 114 valence electrons. The first-order valence-electron chi connectivity index (χ1n) is 6.99. The van der Waals surface area contributed by atoms with Crippen molar-refractivity contribution in [1.29, 1.82) is 0 Å². The topological polar surface area (TPSA) is 49.4 Å². The smallest absolute Gasteiger partial charge is 0.245 e. The number of carbonyl (C=O) groups excluding carboxylic acids is 2. The van der Waals surface area contributed by atoms with Gasteiger partial charge in [0.2, 0.25) is 11.8 Å². The van der Waals surface area contributed by atoms with Gasteiger partial charge >= 0.3 is 0 Å². The van der Waals surface area contributed by atoms with Gasteiger partial charge in [-0.05, 0) is 25.5 Å². The number of halogens is 2. The van der Waals surface area contributed by atoms with E-state index in [9.17, 15) is 9.59 Å². The molecule has 1 N–H and O–H groups in total. The molecule has 1 aliphatic heterocycles. The fraction of sp³-hybridized carbons (Fsp3) is 0.467. The van der Waals surface area contributed by atoms with Crippen LogP contribution in [-0.2, 0) is 16.1 Å². The summed E-state index contributed by atoms with van der Waals surface area (Å²) in [6.45, 7) is 3.92. The zero-order valence-corrected chi connectivity index (χ0v) is 13.5. The number of nitrogens with zero attached hydrogens (tertiary/aromatic N) is 1. The minimum absolute atomic E-state index is 0.107. The lowest BCUT2D eigenvalue weighted by atomic mass is 10.0. The van der Waals surface area contributed by atoms with Crippen molar-refractivity contribution in [2.75, 3.05) is 0 Å². The number of carbonyl (C=O) groups is 2. The highest BCUT2D eigenvalue weighted by Gasteiger charge is 2.38. The number of hydrogen-bond acceptors (Lipinski definition) is 2. The Hall–Kier alpha value is -1.26. The van der Waals surface area contributed by atoms with Crippen LogP contribution in [0.2, 0.25) is 10.0 Å². The van der Waals surface area contributed by atoms with Gasteiger partial charge in [-0.1, -0.05) is 42.6 Å². The van der Waals surface area contributed by atoms with Crippen LogP contribution < -0.4 is 5.32 Å². The van der Waals surface area contributed by atoms with Crippen LogP contribution in [0.1, 0.15) is 32.3 Å². The average Bonchev–Trinajstić information content (AvgIpc) is 2.43. The second kappa shape index (κ2) is 6.67. The predicted molar refractivity (Wildman–Crippen MR) is 83.3 cm³/mol. The van der Waals surface area contributed by atoms with Crippen LogP contribution in [0, 0.1) is 0 Å². The van der Waals surface area contributed by atoms with Crippen LogP contribution in [0.5, 0.6) is 0 Å². The minimum Gasteiger partial charge on any atom is -0.343 e. The van der Waals surface area contributed by atoms with Gasteiger partial charge in [0.1, 0.15) is 12.1 Å². The van der Waals surface area contributed by atoms with E-state index in [1.165, 1.54) is 0 Å². The Kier molecular flexibility index (Phi) is 5.12. The van der Waals surface area contributed by atoms with E-state index in [2.05, 4.69) is 5.32 Å². The van der Waals surface area contributed by atoms with Crippen molar-refractivity contribution in [2.24, 2.45) is 0 Å². The maximum Gasteiger partial charge on any atom is 0.245 e. The fourth-order valence-corrected chi connectivity index (χ4v) is 3.03. The number of piperazine rings is 1. The first-order valence-corrected chi connectivity index (χ1v) is 7.75. The Labute approximate surface area is 134 Å². The summed E-state index contributed by atoms with van der Waals surface area (Å²) >= 11 is 12.3. The molecule has 0 bridgehead atoms. The molecule has 2 rings (SSSR count). The molecule has 2 atom stereocenters. The monoisotopic (exact) mass is 328 g/mol. The summed E-state index contributed by atoms with van der Waals surface area (Å²) < 4.78 is 0. The van der Waals surface area contributed by atoms with E-state index in [1.807, 2.05) is 6.92 Å². The van der Waals surface area contributed by atoms with Crippen molar-refractivity contribution in [3.63, 3.8) is 0 Å². The predicted octanol–water partition coefficient (Wildman–Crippen LogP) is 3.01. The molecule has 1 aliphatic rings. The number of rotatable bonds is 4. The zero-order valence-electron chi connectivity index (χ0n) is 12.0. The first-order chi connectivity index (χ1) is 9.95. The van der Waals surface area contributed by atoms with Crippen molar-refractivity contribution < 1.29 is 9.59 Å². The van der Waals surface area contributed by atoms with Crippen LogP contribution in [-0.4, -0.2) is 28.8 Å². The van der Waals surface area contributed by atoms with Crippen LogP contribution >= 0.6 is 23.2 Å². The molecule has 0 saturated carbocycles. The van der Waals surface area contributed by atoms with Crippen LogP contribution in [0.4, 0.5) is 0 Å². The highest BCUT2D eigenvalue weighted by molar-refractivity contribution is 6.36. The average molecular weight is 329 g/mol. The van der Waals surface area contributed by atoms with E-state index >= 15 is 0 Å². The fourth-order valence-electron chi connectivity index (χ4n) is 2.52. The van der Waals surface area contributed by atoms with Gasteiger partial charge in [0.05, 0.1) is 0 Å². The number of hydrogen-bond donors (Lipinski definition) is 1. The molecule has 0 spiro atoms. The summed E-state index contributed by atoms with van der Waals surface area (Å²) in [6.07, 6.45) is 1.43. The number of nitrogens with one attached hydrogen (secondary N) is 1. The standard InChI is InChI=1S/C15H18Cl2N2O2/c1-3-5-13-14(20)18-9(2)15(21)19(13)8-10-11(16)6-4-7-12(10)17/h4,6-7,9,13H,3,5,8H2,1-2H3,(H,18,20). The Bertz CT molecular complexity index is 542. The summed E-state index contributed by atoms with van der Waals surface area (Å²) in [5.41, 5.74) is 0.678. The molecule has 1 saturated heterocycles. The molecular weight excluding hydrogens is 311 g/mol. The third-order valence-corrected chi connectivity index (χ3v) is 4.35. The second-order valence-corrected chi connectivity index (χ2v) is 6.02. The van der Waals surface area contributed by atoms with Crippen LogP contribution in [0.25, 0.3) is 0 Å². The quantitative estimate of drug-likeness (QED) is 0.923. The molecule has 21 heavy (non-hydrogen) atoms. The maximum absolute atomic E-state index is 12.4. The lowest BCUT2D eigenvalue weighted by molar-refractivity contribution is -0.149. The van der Waals surface area contributed by atoms with Gasteiger partial charge in [-0.2, -0.15) is 0 Å². The molecule has 1 aromatic rings. The zero-order chi connectivity index (χ0) is 15.6. The molecule has 4 nitrogen and oxygen atoms in total. The first kappa shape index (κ1) is 16.1. The van der Waals surface area contributed by atoms with Crippen molar-refractivity contribution in [3.8, 4) is 0 Å². The van der Waals surface area contributed by atoms with Crippen molar-refractivity contribution in [2.45, 2.75) is 45.3 Å². The lowest BCUT2D eigenvalue weighted by Crippen LogP contribution is -2.61. The van der Waals surface area contributed by atoms with Crippen molar-refractivity contribution >= 4 is 35.0 Å².